The molecule has 0 aromatic heterocycles. The predicted molar refractivity (Wildman–Crippen MR) is 61.6 cm³/mol. The van der Waals surface area contributed by atoms with E-state index < -0.39 is 0 Å². The molecule has 1 aromatic rings. The first kappa shape index (κ1) is 10.7. The Morgan fingerprint density at radius 1 is 1.27 bits per heavy atom. The zero-order chi connectivity index (χ0) is 11.0. The van der Waals surface area contributed by atoms with Crippen LogP contribution >= 0.6 is 0 Å². The molecule has 1 aromatic carbocycles. The summed E-state index contributed by atoms with van der Waals surface area (Å²) in [5.74, 6) is 0.430. The number of aryl methyl sites for hydroxylation is 2. The van der Waals surface area contributed by atoms with E-state index in [1.54, 1.807) is 0 Å². The highest BCUT2D eigenvalue weighted by molar-refractivity contribution is 5.36. The maximum Gasteiger partial charge on any atom is 0.0761 e. The molecule has 2 heteroatoms. The van der Waals surface area contributed by atoms with Gasteiger partial charge in [-0.3, -0.25) is 0 Å². The van der Waals surface area contributed by atoms with Gasteiger partial charge < -0.3 is 10.8 Å². The Bertz CT molecular complexity index is 337. The summed E-state index contributed by atoms with van der Waals surface area (Å²) >= 11 is 0. The van der Waals surface area contributed by atoms with Crippen LogP contribution in [0.1, 0.15) is 35.6 Å². The number of aliphatic hydroxyl groups excluding tert-OH is 1. The molecule has 0 unspecified atom stereocenters. The second kappa shape index (κ2) is 3.95. The molecule has 2 atom stereocenters. The maximum atomic E-state index is 10.0. The summed E-state index contributed by atoms with van der Waals surface area (Å²) in [6.45, 7) is 4.11. The zero-order valence-electron chi connectivity index (χ0n) is 9.40. The Balaban J connectivity index is 2.27. The summed E-state index contributed by atoms with van der Waals surface area (Å²) in [6.07, 6.45) is 1.88. The van der Waals surface area contributed by atoms with Gasteiger partial charge in [0.05, 0.1) is 12.1 Å². The Hall–Kier alpha value is -0.860. The predicted octanol–water partition coefficient (Wildman–Crippen LogP) is 2.07. The van der Waals surface area contributed by atoms with Crippen LogP contribution in [-0.2, 0) is 0 Å². The molecular weight excluding hydrogens is 186 g/mol. The monoisotopic (exact) mass is 205 g/mol. The molecule has 1 saturated carbocycles. The molecule has 1 aliphatic carbocycles. The number of benzene rings is 1. The average molecular weight is 205 g/mol. The summed E-state index contributed by atoms with van der Waals surface area (Å²) in [5, 5.41) is 10.0. The minimum Gasteiger partial charge on any atom is -0.391 e. The second-order valence-electron chi connectivity index (χ2n) is 4.66. The molecular formula is C13H19NO. The third kappa shape index (κ3) is 2.06. The van der Waals surface area contributed by atoms with Crippen molar-refractivity contribution in [1.29, 1.82) is 0 Å². The van der Waals surface area contributed by atoms with Gasteiger partial charge in [0, 0.05) is 0 Å². The van der Waals surface area contributed by atoms with E-state index in [1.807, 2.05) is 6.07 Å². The number of hydrogen-bond donors (Lipinski definition) is 2. The fourth-order valence-corrected chi connectivity index (χ4v) is 2.25. The van der Waals surface area contributed by atoms with Crippen LogP contribution in [0.2, 0.25) is 0 Å². The average Bonchev–Trinajstić information content (AvgIpc) is 2.99. The van der Waals surface area contributed by atoms with Gasteiger partial charge in [0.15, 0.2) is 0 Å². The normalized spacial score (nSPS) is 20.0. The summed E-state index contributed by atoms with van der Waals surface area (Å²) < 4.78 is 0. The Morgan fingerprint density at radius 2 is 1.80 bits per heavy atom. The summed E-state index contributed by atoms with van der Waals surface area (Å²) in [6, 6.07) is 5.92. The first-order valence-corrected chi connectivity index (χ1v) is 5.61. The van der Waals surface area contributed by atoms with Crippen molar-refractivity contribution in [2.24, 2.45) is 11.7 Å². The molecule has 0 radical (unpaired) electrons. The van der Waals surface area contributed by atoms with E-state index in [0.29, 0.717) is 5.92 Å². The van der Waals surface area contributed by atoms with E-state index in [0.717, 1.165) is 18.4 Å². The third-order valence-electron chi connectivity index (χ3n) is 3.35. The van der Waals surface area contributed by atoms with Gasteiger partial charge in [-0.1, -0.05) is 18.2 Å². The molecule has 1 fully saturated rings. The van der Waals surface area contributed by atoms with E-state index in [9.17, 15) is 5.11 Å². The van der Waals surface area contributed by atoms with Crippen molar-refractivity contribution >= 4 is 0 Å². The van der Waals surface area contributed by atoms with Gasteiger partial charge in [-0.2, -0.15) is 0 Å². The lowest BCUT2D eigenvalue weighted by molar-refractivity contribution is 0.122. The lowest BCUT2D eigenvalue weighted by Crippen LogP contribution is -2.29. The topological polar surface area (TPSA) is 46.2 Å². The van der Waals surface area contributed by atoms with E-state index >= 15 is 0 Å². The van der Waals surface area contributed by atoms with Crippen LogP contribution in [0.3, 0.4) is 0 Å². The fourth-order valence-electron chi connectivity index (χ4n) is 2.25. The van der Waals surface area contributed by atoms with Crippen LogP contribution in [0, 0.1) is 19.8 Å². The van der Waals surface area contributed by atoms with Gasteiger partial charge in [-0.25, -0.2) is 0 Å². The minimum absolute atomic E-state index is 0.223. The number of hydrogen-bond acceptors (Lipinski definition) is 2. The SMILES string of the molecule is Cc1cccc(C)c1[C@@H](N)[C@@H](O)C1CC1. The van der Waals surface area contributed by atoms with Crippen molar-refractivity contribution < 1.29 is 5.11 Å². The van der Waals surface area contributed by atoms with Crippen LogP contribution < -0.4 is 5.73 Å². The van der Waals surface area contributed by atoms with E-state index in [2.05, 4.69) is 26.0 Å². The van der Waals surface area contributed by atoms with Crippen molar-refractivity contribution in [3.8, 4) is 0 Å². The molecule has 1 aliphatic rings. The van der Waals surface area contributed by atoms with E-state index in [-0.39, 0.29) is 12.1 Å². The summed E-state index contributed by atoms with van der Waals surface area (Å²) in [5.41, 5.74) is 9.62. The van der Waals surface area contributed by atoms with Crippen LogP contribution in [-0.4, -0.2) is 11.2 Å². The van der Waals surface area contributed by atoms with Gasteiger partial charge in [0.1, 0.15) is 0 Å². The van der Waals surface area contributed by atoms with Crippen LogP contribution in [0.5, 0.6) is 0 Å². The van der Waals surface area contributed by atoms with Crippen molar-refractivity contribution in [2.45, 2.75) is 38.8 Å². The highest BCUT2D eigenvalue weighted by Gasteiger charge is 2.35. The lowest BCUT2D eigenvalue weighted by Gasteiger charge is -2.22. The zero-order valence-corrected chi connectivity index (χ0v) is 9.40. The molecule has 2 rings (SSSR count). The van der Waals surface area contributed by atoms with Gasteiger partial charge in [0.25, 0.3) is 0 Å². The smallest absolute Gasteiger partial charge is 0.0761 e. The second-order valence-corrected chi connectivity index (χ2v) is 4.66. The molecule has 0 bridgehead atoms. The Morgan fingerprint density at radius 3 is 2.27 bits per heavy atom. The van der Waals surface area contributed by atoms with Crippen molar-refractivity contribution in [2.75, 3.05) is 0 Å². The van der Waals surface area contributed by atoms with Gasteiger partial charge in [-0.15, -0.1) is 0 Å². The van der Waals surface area contributed by atoms with Crippen LogP contribution in [0.4, 0.5) is 0 Å². The number of rotatable bonds is 3. The Labute approximate surface area is 91.1 Å². The highest BCUT2D eigenvalue weighted by atomic mass is 16.3. The molecule has 15 heavy (non-hydrogen) atoms. The van der Waals surface area contributed by atoms with Gasteiger partial charge >= 0.3 is 0 Å². The summed E-state index contributed by atoms with van der Waals surface area (Å²) in [4.78, 5) is 0. The van der Waals surface area contributed by atoms with E-state index in [4.69, 9.17) is 5.73 Å². The Kier molecular flexibility index (Phi) is 2.81. The quantitative estimate of drug-likeness (QED) is 0.793. The van der Waals surface area contributed by atoms with Crippen molar-refractivity contribution in [3.63, 3.8) is 0 Å². The first-order chi connectivity index (χ1) is 7.11. The third-order valence-corrected chi connectivity index (χ3v) is 3.35. The molecule has 0 amide bonds. The molecule has 0 spiro atoms. The maximum absolute atomic E-state index is 10.0. The van der Waals surface area contributed by atoms with E-state index in [1.165, 1.54) is 11.1 Å². The number of aliphatic hydroxyl groups is 1. The lowest BCUT2D eigenvalue weighted by atomic mass is 9.91. The largest absolute Gasteiger partial charge is 0.391 e. The van der Waals surface area contributed by atoms with Crippen LogP contribution in [0.15, 0.2) is 18.2 Å². The molecule has 82 valence electrons. The molecule has 2 nitrogen and oxygen atoms in total. The van der Waals surface area contributed by atoms with Crippen molar-refractivity contribution in [1.82, 2.24) is 0 Å². The summed E-state index contributed by atoms with van der Waals surface area (Å²) in [7, 11) is 0. The van der Waals surface area contributed by atoms with Crippen molar-refractivity contribution in [3.05, 3.63) is 34.9 Å². The molecule has 0 saturated heterocycles. The number of nitrogens with two attached hydrogens (primary N) is 1. The van der Waals surface area contributed by atoms with Gasteiger partial charge in [0.2, 0.25) is 0 Å². The molecule has 3 N–H and O–H groups in total. The standard InChI is InChI=1S/C13H19NO/c1-8-4-3-5-9(2)11(8)12(14)13(15)10-6-7-10/h3-5,10,12-13,15H,6-7,14H2,1-2H3/t12-,13+/m1/s1. The fraction of sp³-hybridized carbons (Fsp3) is 0.538. The minimum atomic E-state index is -0.371. The van der Waals surface area contributed by atoms with Gasteiger partial charge in [-0.05, 0) is 49.3 Å². The molecule has 0 heterocycles. The van der Waals surface area contributed by atoms with Crippen LogP contribution in [0.25, 0.3) is 0 Å². The molecule has 0 aliphatic heterocycles. The highest BCUT2D eigenvalue weighted by Crippen LogP contribution is 2.38. The first-order valence-electron chi connectivity index (χ1n) is 5.61.